The van der Waals surface area contributed by atoms with Gasteiger partial charge in [-0.1, -0.05) is 43.5 Å². The number of hydrogen-bond donors (Lipinski definition) is 1. The summed E-state index contributed by atoms with van der Waals surface area (Å²) in [6, 6.07) is 5.30. The fourth-order valence-corrected chi connectivity index (χ4v) is 2.33. The molecule has 1 N–H and O–H groups in total. The molecule has 0 amide bonds. The van der Waals surface area contributed by atoms with Gasteiger partial charge in [0.2, 0.25) is 0 Å². The number of carboxylic acid groups (broad SMARTS) is 1. The maximum Gasteiger partial charge on any atom is 0.308 e. The van der Waals surface area contributed by atoms with Crippen molar-refractivity contribution in [2.24, 2.45) is 5.92 Å². The minimum atomic E-state index is -0.799. The molecule has 1 atom stereocenters. The highest BCUT2D eigenvalue weighted by Crippen LogP contribution is 2.29. The van der Waals surface area contributed by atoms with Crippen LogP contribution in [0.5, 0.6) is 0 Å². The summed E-state index contributed by atoms with van der Waals surface area (Å²) in [6.45, 7) is 5.03. The Labute approximate surface area is 124 Å². The summed E-state index contributed by atoms with van der Waals surface area (Å²) in [7, 11) is 0. The van der Waals surface area contributed by atoms with Crippen molar-refractivity contribution in [1.82, 2.24) is 0 Å². The average molecular weight is 304 g/mol. The molecule has 1 rings (SSSR count). The summed E-state index contributed by atoms with van der Waals surface area (Å²) in [5.41, 5.74) is 0.840. The molecule has 0 fully saturated rings. The highest BCUT2D eigenvalue weighted by Gasteiger charge is 2.18. The Bertz CT molecular complexity index is 437. The summed E-state index contributed by atoms with van der Waals surface area (Å²) in [6.07, 6.45) is 2.04. The third kappa shape index (κ3) is 4.92. The largest absolute Gasteiger partial charge is 0.481 e. The minimum Gasteiger partial charge on any atom is -0.481 e. The Morgan fingerprint density at radius 2 is 2.11 bits per heavy atom. The molecule has 0 aromatic heterocycles. The lowest BCUT2D eigenvalue weighted by molar-refractivity contribution is -0.140. The number of carboxylic acids is 1. The minimum absolute atomic E-state index is 0.441. The summed E-state index contributed by atoms with van der Waals surface area (Å²) in [4.78, 5) is 13.0. The van der Waals surface area contributed by atoms with Gasteiger partial charge in [-0.3, -0.25) is 4.79 Å². The molecule has 0 aliphatic rings. The van der Waals surface area contributed by atoms with E-state index in [9.17, 15) is 4.79 Å². The number of hydrogen-bond acceptors (Lipinski definition) is 2. The molecule has 1 unspecified atom stereocenters. The van der Waals surface area contributed by atoms with Gasteiger partial charge in [0.1, 0.15) is 0 Å². The molecule has 0 saturated heterocycles. The fraction of sp³-hybridized carbons (Fsp3) is 0.500. The first-order valence-electron chi connectivity index (χ1n) is 6.38. The van der Waals surface area contributed by atoms with E-state index in [0.717, 1.165) is 25.1 Å². The number of rotatable bonds is 7. The van der Waals surface area contributed by atoms with Crippen LogP contribution in [-0.4, -0.2) is 24.2 Å². The first kappa shape index (κ1) is 16.1. The summed E-state index contributed by atoms with van der Waals surface area (Å²) >= 11 is 12.1. The predicted molar refractivity (Wildman–Crippen MR) is 80.4 cm³/mol. The zero-order valence-corrected chi connectivity index (χ0v) is 12.7. The first-order valence-corrected chi connectivity index (χ1v) is 7.14. The molecule has 0 aliphatic carbocycles. The second-order valence-electron chi connectivity index (χ2n) is 4.63. The molecule has 1 aromatic rings. The molecule has 0 heterocycles. The number of nitrogens with zero attached hydrogens (tertiary/aromatic N) is 1. The van der Waals surface area contributed by atoms with Crippen molar-refractivity contribution < 1.29 is 9.90 Å². The maximum absolute atomic E-state index is 11.0. The van der Waals surface area contributed by atoms with Crippen LogP contribution in [0.2, 0.25) is 10.0 Å². The molecular weight excluding hydrogens is 285 g/mol. The lowest BCUT2D eigenvalue weighted by Crippen LogP contribution is -2.32. The third-order valence-corrected chi connectivity index (χ3v) is 3.49. The quantitative estimate of drug-likeness (QED) is 0.815. The molecule has 0 radical (unpaired) electrons. The van der Waals surface area contributed by atoms with Crippen molar-refractivity contribution in [3.05, 3.63) is 28.2 Å². The first-order chi connectivity index (χ1) is 8.95. The van der Waals surface area contributed by atoms with Crippen molar-refractivity contribution in [3.8, 4) is 0 Å². The Morgan fingerprint density at radius 3 is 2.63 bits per heavy atom. The molecule has 3 nitrogen and oxygen atoms in total. The van der Waals surface area contributed by atoms with Crippen molar-refractivity contribution in [2.75, 3.05) is 18.0 Å². The van der Waals surface area contributed by atoms with Crippen LogP contribution in [0.15, 0.2) is 18.2 Å². The van der Waals surface area contributed by atoms with Crippen LogP contribution in [-0.2, 0) is 4.79 Å². The van der Waals surface area contributed by atoms with Gasteiger partial charge in [0, 0.05) is 18.1 Å². The van der Waals surface area contributed by atoms with Gasteiger partial charge in [-0.25, -0.2) is 0 Å². The van der Waals surface area contributed by atoms with E-state index in [2.05, 4.69) is 6.92 Å². The van der Waals surface area contributed by atoms with Crippen LogP contribution < -0.4 is 4.90 Å². The maximum atomic E-state index is 11.0. The zero-order valence-electron chi connectivity index (χ0n) is 11.2. The lowest BCUT2D eigenvalue weighted by atomic mass is 10.1. The van der Waals surface area contributed by atoms with Crippen LogP contribution in [0.4, 0.5) is 5.69 Å². The van der Waals surface area contributed by atoms with Gasteiger partial charge in [-0.2, -0.15) is 0 Å². The molecule has 0 bridgehead atoms. The molecule has 5 heteroatoms. The van der Waals surface area contributed by atoms with Gasteiger partial charge in [0.05, 0.1) is 16.6 Å². The van der Waals surface area contributed by atoms with Crippen molar-refractivity contribution in [3.63, 3.8) is 0 Å². The SMILES string of the molecule is CCCCN(CC(C)C(=O)O)c1ccc(Cl)cc1Cl. The number of carbonyl (C=O) groups is 1. The number of anilines is 1. The topological polar surface area (TPSA) is 40.5 Å². The summed E-state index contributed by atoms with van der Waals surface area (Å²) in [5, 5.41) is 10.2. The van der Waals surface area contributed by atoms with Crippen LogP contribution in [0, 0.1) is 5.92 Å². The average Bonchev–Trinajstić information content (AvgIpc) is 2.34. The van der Waals surface area contributed by atoms with E-state index in [1.165, 1.54) is 0 Å². The molecule has 106 valence electrons. The van der Waals surface area contributed by atoms with E-state index in [4.69, 9.17) is 28.3 Å². The highest BCUT2D eigenvalue weighted by molar-refractivity contribution is 6.36. The van der Waals surface area contributed by atoms with Gasteiger partial charge in [-0.15, -0.1) is 0 Å². The van der Waals surface area contributed by atoms with Gasteiger partial charge in [-0.05, 0) is 24.6 Å². The molecular formula is C14H19Cl2NO2. The van der Waals surface area contributed by atoms with E-state index < -0.39 is 11.9 Å². The Balaban J connectivity index is 2.91. The number of halogens is 2. The van der Waals surface area contributed by atoms with Crippen LogP contribution >= 0.6 is 23.2 Å². The van der Waals surface area contributed by atoms with Crippen LogP contribution in [0.3, 0.4) is 0 Å². The van der Waals surface area contributed by atoms with E-state index in [1.807, 2.05) is 11.0 Å². The Kier molecular flexibility index (Phi) is 6.46. The predicted octanol–water partition coefficient (Wildman–Crippen LogP) is 4.32. The smallest absolute Gasteiger partial charge is 0.308 e. The van der Waals surface area contributed by atoms with Gasteiger partial charge >= 0.3 is 5.97 Å². The lowest BCUT2D eigenvalue weighted by Gasteiger charge is -2.27. The molecule has 0 saturated carbocycles. The van der Waals surface area contributed by atoms with E-state index in [1.54, 1.807) is 19.1 Å². The van der Waals surface area contributed by atoms with Crippen molar-refractivity contribution in [2.45, 2.75) is 26.7 Å². The fourth-order valence-electron chi connectivity index (χ4n) is 1.81. The monoisotopic (exact) mass is 303 g/mol. The third-order valence-electron chi connectivity index (χ3n) is 2.95. The van der Waals surface area contributed by atoms with Crippen LogP contribution in [0.25, 0.3) is 0 Å². The second-order valence-corrected chi connectivity index (χ2v) is 5.48. The molecule has 0 aliphatic heterocycles. The normalized spacial score (nSPS) is 12.2. The van der Waals surface area contributed by atoms with Gasteiger partial charge in [0.15, 0.2) is 0 Å². The zero-order chi connectivity index (χ0) is 14.4. The van der Waals surface area contributed by atoms with Crippen LogP contribution in [0.1, 0.15) is 26.7 Å². The van der Waals surface area contributed by atoms with Gasteiger partial charge < -0.3 is 10.0 Å². The Morgan fingerprint density at radius 1 is 1.42 bits per heavy atom. The second kappa shape index (κ2) is 7.61. The highest BCUT2D eigenvalue weighted by atomic mass is 35.5. The number of aliphatic carboxylic acids is 1. The summed E-state index contributed by atoms with van der Waals surface area (Å²) in [5.74, 6) is -1.24. The standard InChI is InChI=1S/C14H19Cl2NO2/c1-3-4-7-17(9-10(2)14(18)19)13-6-5-11(15)8-12(13)16/h5-6,8,10H,3-4,7,9H2,1-2H3,(H,18,19). The summed E-state index contributed by atoms with van der Waals surface area (Å²) < 4.78 is 0. The van der Waals surface area contributed by atoms with Crippen molar-refractivity contribution in [1.29, 1.82) is 0 Å². The van der Waals surface area contributed by atoms with E-state index in [0.29, 0.717) is 16.6 Å². The Hall–Kier alpha value is -0.930. The molecule has 19 heavy (non-hydrogen) atoms. The van der Waals surface area contributed by atoms with E-state index in [-0.39, 0.29) is 0 Å². The van der Waals surface area contributed by atoms with E-state index >= 15 is 0 Å². The molecule has 0 spiro atoms. The van der Waals surface area contributed by atoms with Crippen molar-refractivity contribution >= 4 is 34.9 Å². The number of benzene rings is 1. The van der Waals surface area contributed by atoms with Gasteiger partial charge in [0.25, 0.3) is 0 Å². The number of unbranched alkanes of at least 4 members (excludes halogenated alkanes) is 1. The molecule has 1 aromatic carbocycles.